The average molecular weight is 696 g/mol. The van der Waals surface area contributed by atoms with Gasteiger partial charge >= 0.3 is 0 Å². The second kappa shape index (κ2) is 14.1. The van der Waals surface area contributed by atoms with Gasteiger partial charge in [0, 0.05) is 78.9 Å². The molecule has 0 atom stereocenters. The molecule has 3 aromatic heterocycles. The molecular formula is C38H45N7O4S. The van der Waals surface area contributed by atoms with E-state index in [1.54, 1.807) is 42.2 Å². The summed E-state index contributed by atoms with van der Waals surface area (Å²) in [7, 11) is 3.63. The summed E-state index contributed by atoms with van der Waals surface area (Å²) in [6.45, 7) is 11.7. The Bertz CT molecular complexity index is 2040. The highest BCUT2D eigenvalue weighted by atomic mass is 32.2. The molecule has 0 aliphatic heterocycles. The van der Waals surface area contributed by atoms with Crippen LogP contribution in [0.25, 0.3) is 22.0 Å². The second-order valence-electron chi connectivity index (χ2n) is 14.2. The van der Waals surface area contributed by atoms with Crippen molar-refractivity contribution in [1.29, 1.82) is 0 Å². The Hall–Kier alpha value is -4.97. The number of H-pyrrole nitrogens is 1. The van der Waals surface area contributed by atoms with Gasteiger partial charge in [0.1, 0.15) is 29.4 Å². The number of aryl methyl sites for hydroxylation is 1. The fourth-order valence-corrected chi connectivity index (χ4v) is 7.67. The summed E-state index contributed by atoms with van der Waals surface area (Å²) in [5, 5.41) is 4.01. The molecule has 1 aliphatic carbocycles. The number of anilines is 2. The molecule has 262 valence electrons. The molecule has 0 saturated heterocycles. The van der Waals surface area contributed by atoms with Gasteiger partial charge in [0.05, 0.1) is 12.1 Å². The number of carbonyl (C=O) groups is 1. The van der Waals surface area contributed by atoms with Crippen LogP contribution >= 0.6 is 11.9 Å². The lowest BCUT2D eigenvalue weighted by Crippen LogP contribution is -2.63. The van der Waals surface area contributed by atoms with Crippen LogP contribution in [0, 0.1) is 10.8 Å². The van der Waals surface area contributed by atoms with Crippen LogP contribution in [0.15, 0.2) is 78.1 Å². The maximum atomic E-state index is 12.9. The first-order chi connectivity index (χ1) is 23.9. The number of aromatic nitrogens is 4. The Morgan fingerprint density at radius 1 is 1.06 bits per heavy atom. The Labute approximate surface area is 296 Å². The third-order valence-electron chi connectivity index (χ3n) is 9.22. The minimum atomic E-state index is -0.155. The predicted octanol–water partition coefficient (Wildman–Crippen LogP) is 7.27. The van der Waals surface area contributed by atoms with E-state index >= 15 is 0 Å². The van der Waals surface area contributed by atoms with Crippen LogP contribution < -0.4 is 30.0 Å². The highest BCUT2D eigenvalue weighted by molar-refractivity contribution is 8.00. The fraction of sp³-hybridized carbons (Fsp3) is 0.368. The number of ether oxygens (including phenoxy) is 2. The lowest BCUT2D eigenvalue weighted by molar-refractivity contribution is -0.0366. The van der Waals surface area contributed by atoms with E-state index in [2.05, 4.69) is 59.6 Å². The predicted molar refractivity (Wildman–Crippen MR) is 201 cm³/mol. The highest BCUT2D eigenvalue weighted by Gasteiger charge is 2.53. The Balaban J connectivity index is 1.11. The quantitative estimate of drug-likeness (QED) is 0.109. The molecule has 1 saturated carbocycles. The molecule has 0 unspecified atom stereocenters. The zero-order chi connectivity index (χ0) is 35.6. The van der Waals surface area contributed by atoms with E-state index in [1.165, 1.54) is 0 Å². The van der Waals surface area contributed by atoms with Crippen molar-refractivity contribution in [3.8, 4) is 28.4 Å². The van der Waals surface area contributed by atoms with Gasteiger partial charge in [-0.2, -0.15) is 0 Å². The van der Waals surface area contributed by atoms with Gasteiger partial charge in [0.2, 0.25) is 5.95 Å². The highest BCUT2D eigenvalue weighted by Crippen LogP contribution is 2.53. The molecule has 12 heteroatoms. The average Bonchev–Trinajstić information content (AvgIpc) is 3.58. The lowest BCUT2D eigenvalue weighted by Gasteiger charge is -2.57. The monoisotopic (exact) mass is 695 g/mol. The van der Waals surface area contributed by atoms with Crippen molar-refractivity contribution in [2.24, 2.45) is 17.9 Å². The molecule has 50 heavy (non-hydrogen) atoms. The van der Waals surface area contributed by atoms with Crippen LogP contribution in [-0.4, -0.2) is 57.4 Å². The molecule has 6 rings (SSSR count). The normalized spacial score (nSPS) is 14.9. The summed E-state index contributed by atoms with van der Waals surface area (Å²) < 4.78 is 17.5. The van der Waals surface area contributed by atoms with Crippen LogP contribution in [0.3, 0.4) is 0 Å². The molecule has 0 radical (unpaired) electrons. The standard InChI is InChI=1S/C38H45N7O4S/c1-8-50-43-25-12-13-31(29(18-25)30-22-45(7)34(47)32-28(30)14-15-39-32)49-27-11-9-10-26(19-27)48-17-16-44(6)36-40-20-24(21-41-36)33(46)42-35-37(2,3)23-38(35,4)5/h9-15,18-22,35,39,43H,8,16-17,23H2,1-7H3,(H,42,46). The molecule has 5 aromatic rings. The van der Waals surface area contributed by atoms with Crippen molar-refractivity contribution in [2.75, 3.05) is 35.6 Å². The Kier molecular flexibility index (Phi) is 9.84. The molecule has 0 spiro atoms. The number of nitrogens with one attached hydrogen (secondary N) is 3. The van der Waals surface area contributed by atoms with Crippen molar-refractivity contribution in [3.63, 3.8) is 0 Å². The second-order valence-corrected chi connectivity index (χ2v) is 15.2. The minimum absolute atomic E-state index is 0.0609. The Morgan fingerprint density at radius 2 is 1.80 bits per heavy atom. The zero-order valence-electron chi connectivity index (χ0n) is 29.7. The first kappa shape index (κ1) is 34.9. The van der Waals surface area contributed by atoms with Crippen LogP contribution in [0.4, 0.5) is 11.6 Å². The zero-order valence-corrected chi connectivity index (χ0v) is 30.5. The molecule has 1 aliphatic rings. The maximum absolute atomic E-state index is 12.9. The van der Waals surface area contributed by atoms with Gasteiger partial charge in [-0.05, 0) is 53.6 Å². The van der Waals surface area contributed by atoms with Crippen LogP contribution in [0.5, 0.6) is 17.2 Å². The summed E-state index contributed by atoms with van der Waals surface area (Å²) in [6, 6.07) is 15.5. The van der Waals surface area contributed by atoms with E-state index in [0.29, 0.717) is 47.4 Å². The number of nitrogens with zero attached hydrogens (tertiary/aromatic N) is 4. The number of hydrogen-bond donors (Lipinski definition) is 3. The number of hydrogen-bond acceptors (Lipinski definition) is 9. The summed E-state index contributed by atoms with van der Waals surface area (Å²) in [4.78, 5) is 39.6. The minimum Gasteiger partial charge on any atom is -0.492 e. The number of likely N-dealkylation sites (N-methyl/N-ethyl adjacent to an activating group) is 1. The van der Waals surface area contributed by atoms with Gasteiger partial charge in [-0.25, -0.2) is 9.97 Å². The number of aromatic amines is 1. The van der Waals surface area contributed by atoms with Crippen molar-refractivity contribution in [1.82, 2.24) is 24.8 Å². The van der Waals surface area contributed by atoms with Gasteiger partial charge in [0.25, 0.3) is 11.5 Å². The number of pyridine rings is 1. The number of carbonyl (C=O) groups excluding carboxylic acids is 1. The molecule has 11 nitrogen and oxygen atoms in total. The lowest BCUT2D eigenvalue weighted by atomic mass is 9.52. The Morgan fingerprint density at radius 3 is 2.52 bits per heavy atom. The summed E-state index contributed by atoms with van der Waals surface area (Å²) in [5.41, 5.74) is 3.67. The summed E-state index contributed by atoms with van der Waals surface area (Å²) in [6.07, 6.45) is 7.83. The maximum Gasteiger partial charge on any atom is 0.274 e. The van der Waals surface area contributed by atoms with E-state index in [9.17, 15) is 9.59 Å². The number of rotatable bonds is 13. The van der Waals surface area contributed by atoms with Gasteiger partial charge in [-0.15, -0.1) is 0 Å². The molecule has 2 aromatic carbocycles. The van der Waals surface area contributed by atoms with Crippen molar-refractivity contribution >= 4 is 40.4 Å². The molecule has 1 fully saturated rings. The fourth-order valence-electron chi connectivity index (χ4n) is 7.23. The smallest absolute Gasteiger partial charge is 0.274 e. The van der Waals surface area contributed by atoms with Crippen molar-refractivity contribution in [2.45, 2.75) is 47.1 Å². The third kappa shape index (κ3) is 7.30. The summed E-state index contributed by atoms with van der Waals surface area (Å²) >= 11 is 1.61. The van der Waals surface area contributed by atoms with Crippen molar-refractivity contribution in [3.05, 3.63) is 89.2 Å². The SMILES string of the molecule is CCSNc1ccc(Oc2cccc(OCCN(C)c3ncc(C(=O)NC4C(C)(C)CC4(C)C)cn3)c2)c(-c2cn(C)c(=O)c3[nH]ccc23)c1. The number of amides is 1. The number of fused-ring (bicyclic) bond motifs is 1. The van der Waals surface area contributed by atoms with E-state index in [1.807, 2.05) is 66.7 Å². The molecule has 3 heterocycles. The van der Waals surface area contributed by atoms with E-state index in [4.69, 9.17) is 9.47 Å². The van der Waals surface area contributed by atoms with Crippen LogP contribution in [-0.2, 0) is 7.05 Å². The first-order valence-electron chi connectivity index (χ1n) is 16.8. The third-order valence-corrected chi connectivity index (χ3v) is 9.89. The van der Waals surface area contributed by atoms with E-state index < -0.39 is 0 Å². The number of benzene rings is 2. The summed E-state index contributed by atoms with van der Waals surface area (Å²) in [5.74, 6) is 3.17. The molecule has 0 bridgehead atoms. The van der Waals surface area contributed by atoms with E-state index in [-0.39, 0.29) is 28.3 Å². The van der Waals surface area contributed by atoms with Gasteiger partial charge in [0.15, 0.2) is 0 Å². The van der Waals surface area contributed by atoms with Crippen LogP contribution in [0.1, 0.15) is 51.4 Å². The molecule has 3 N–H and O–H groups in total. The van der Waals surface area contributed by atoms with Crippen molar-refractivity contribution < 1.29 is 14.3 Å². The van der Waals surface area contributed by atoms with E-state index in [0.717, 1.165) is 34.4 Å². The first-order valence-corrected chi connectivity index (χ1v) is 17.8. The van der Waals surface area contributed by atoms with Gasteiger partial charge in [-0.1, -0.05) is 52.6 Å². The van der Waals surface area contributed by atoms with Gasteiger partial charge < -0.3 is 34.0 Å². The largest absolute Gasteiger partial charge is 0.492 e. The topological polar surface area (TPSA) is 126 Å². The molecule has 1 amide bonds. The van der Waals surface area contributed by atoms with Crippen LogP contribution in [0.2, 0.25) is 0 Å². The van der Waals surface area contributed by atoms with Gasteiger partial charge in [-0.3, -0.25) is 9.59 Å². The molecular weight excluding hydrogens is 651 g/mol.